The summed E-state index contributed by atoms with van der Waals surface area (Å²) in [5, 5.41) is 0. The van der Waals surface area contributed by atoms with Crippen LogP contribution < -0.4 is 0 Å². The van der Waals surface area contributed by atoms with Gasteiger partial charge in [0, 0.05) is 0 Å². The Morgan fingerprint density at radius 1 is 0.500 bits per heavy atom. The first kappa shape index (κ1) is 32.4. The molecule has 186 valence electrons. The van der Waals surface area contributed by atoms with E-state index < -0.39 is 26.8 Å². The Labute approximate surface area is 236 Å². The highest BCUT2D eigenvalue weighted by molar-refractivity contribution is 7.46. The lowest BCUT2D eigenvalue weighted by Crippen LogP contribution is -2.21. The molecule has 1 aromatic carbocycles. The molecule has 0 saturated heterocycles. The normalized spacial score (nSPS) is 13.7. The Morgan fingerprint density at radius 2 is 0.812 bits per heavy atom. The van der Waals surface area contributed by atoms with E-state index >= 15 is 0 Å². The summed E-state index contributed by atoms with van der Waals surface area (Å²) in [4.78, 5) is 0. The molecule has 0 aliphatic heterocycles. The molecule has 32 heavy (non-hydrogen) atoms. The fourth-order valence-corrected chi connectivity index (χ4v) is 8.85. The quantitative estimate of drug-likeness (QED) is 0.145. The highest BCUT2D eigenvalue weighted by atomic mass is 35.7. The van der Waals surface area contributed by atoms with E-state index in [0.717, 1.165) is 56.3 Å². The van der Waals surface area contributed by atoms with E-state index in [1.807, 2.05) is 26.2 Å². The second-order valence-electron chi connectivity index (χ2n) is 9.26. The van der Waals surface area contributed by atoms with Crippen LogP contribution in [-0.2, 0) is 32.1 Å². The molecule has 0 N–H and O–H groups in total. The van der Waals surface area contributed by atoms with Gasteiger partial charge >= 0.3 is 0 Å². The molecule has 1 aromatic rings. The van der Waals surface area contributed by atoms with Gasteiger partial charge in [-0.2, -0.15) is 0 Å². The van der Waals surface area contributed by atoms with Gasteiger partial charge in [0.1, 0.15) is 0 Å². The average molecular weight is 670 g/mol. The second-order valence-corrected chi connectivity index (χ2v) is 42.2. The van der Waals surface area contributed by atoms with Crippen LogP contribution in [0.1, 0.15) is 34.7 Å². The number of rotatable bonds is 13. The van der Waals surface area contributed by atoms with Crippen LogP contribution >= 0.6 is 88.6 Å². The van der Waals surface area contributed by atoms with Gasteiger partial charge in [0.25, 0.3) is 0 Å². The minimum atomic E-state index is -2.28. The molecule has 0 amide bonds. The van der Waals surface area contributed by atoms with E-state index in [1.54, 1.807) is 0 Å². The van der Waals surface area contributed by atoms with Crippen molar-refractivity contribution in [3.8, 4) is 0 Å². The van der Waals surface area contributed by atoms with Crippen molar-refractivity contribution in [1.29, 1.82) is 0 Å². The molecule has 0 atom stereocenters. The maximum Gasteiger partial charge on any atom is 0.248 e. The zero-order valence-electron chi connectivity index (χ0n) is 19.5. The second kappa shape index (κ2) is 13.3. The Balaban J connectivity index is 3.62. The van der Waals surface area contributed by atoms with Crippen molar-refractivity contribution in [3.05, 3.63) is 33.9 Å². The first-order valence-corrected chi connectivity index (χ1v) is 29.9. The molecule has 0 heterocycles. The lowest BCUT2D eigenvalue weighted by Gasteiger charge is -2.26. The van der Waals surface area contributed by atoms with Crippen molar-refractivity contribution < 1.29 is 0 Å². The van der Waals surface area contributed by atoms with Crippen molar-refractivity contribution in [2.24, 2.45) is 0 Å². The molecule has 1 rings (SSSR count). The van der Waals surface area contributed by atoms with Crippen LogP contribution in [0.5, 0.6) is 0 Å². The van der Waals surface area contributed by atoms with E-state index in [4.69, 9.17) is 88.6 Å². The highest BCUT2D eigenvalue weighted by Crippen LogP contribution is 2.36. The Hall–Kier alpha value is 2.41. The van der Waals surface area contributed by atoms with E-state index in [1.165, 1.54) is 27.8 Å². The third-order valence-corrected chi connectivity index (χ3v) is 14.6. The first-order chi connectivity index (χ1) is 14.3. The summed E-state index contributed by atoms with van der Waals surface area (Å²) >= 11 is 52.0. The predicted molar refractivity (Wildman–Crippen MR) is 163 cm³/mol. The molecule has 0 nitrogen and oxygen atoms in total. The van der Waals surface area contributed by atoms with E-state index in [-0.39, 0.29) is 0 Å². The van der Waals surface area contributed by atoms with Crippen LogP contribution in [0.2, 0.25) is 50.4 Å². The van der Waals surface area contributed by atoms with Gasteiger partial charge < -0.3 is 0 Å². The highest BCUT2D eigenvalue weighted by Gasteiger charge is 2.29. The van der Waals surface area contributed by atoms with Crippen LogP contribution in [0.4, 0.5) is 0 Å². The summed E-state index contributed by atoms with van der Waals surface area (Å²) in [6, 6.07) is 5.51. The maximum atomic E-state index is 6.53. The topological polar surface area (TPSA) is 0 Å². The number of hydrogen-bond donors (Lipinski definition) is 0. The molecule has 0 bridgehead atoms. The molecule has 0 aromatic heterocycles. The zero-order chi connectivity index (χ0) is 25.0. The summed E-state index contributed by atoms with van der Waals surface area (Å²) in [5.74, 6) is 0. The molecular formula is C20H34Cl8Si4. The molecule has 0 aliphatic rings. The van der Waals surface area contributed by atoms with Gasteiger partial charge in [-0.05, 0) is 110 Å². The van der Waals surface area contributed by atoms with Crippen molar-refractivity contribution >= 4 is 115 Å². The van der Waals surface area contributed by atoms with Crippen LogP contribution in [-0.4, -0.2) is 26.8 Å². The summed E-state index contributed by atoms with van der Waals surface area (Å²) in [6.07, 6.45) is 4.31. The van der Waals surface area contributed by atoms with Crippen LogP contribution in [0.15, 0.2) is 6.07 Å². The predicted octanol–water partition coefficient (Wildman–Crippen LogP) is 10.6. The van der Waals surface area contributed by atoms with E-state index in [9.17, 15) is 0 Å². The summed E-state index contributed by atoms with van der Waals surface area (Å²) < 4.78 is 0. The standard InChI is InChI=1S/C20H34Cl8Si4/c1-6-16-15-17(7-11-29(2,21)22)19(9-13-31(4,25)26)20(10-14-32(5,27)28)18(16)8-12-30(3,23)24/h15H,6-14H2,1-5H3. The number of aryl methyl sites for hydroxylation is 2. The minimum Gasteiger partial charge on any atom is -0.146 e. The fraction of sp³-hybridized carbons (Fsp3) is 0.700. The van der Waals surface area contributed by atoms with Crippen LogP contribution in [0, 0.1) is 0 Å². The van der Waals surface area contributed by atoms with Crippen molar-refractivity contribution in [3.63, 3.8) is 0 Å². The lowest BCUT2D eigenvalue weighted by molar-refractivity contribution is 0.904. The Kier molecular flexibility index (Phi) is 13.5. The van der Waals surface area contributed by atoms with Gasteiger partial charge in [0.2, 0.25) is 26.8 Å². The third-order valence-electron chi connectivity index (χ3n) is 5.51. The molecule has 0 fully saturated rings. The minimum absolute atomic E-state index is 0.783. The van der Waals surface area contributed by atoms with E-state index in [2.05, 4.69) is 13.0 Å². The summed E-state index contributed by atoms with van der Waals surface area (Å²) in [6.45, 7) is 1.06. The van der Waals surface area contributed by atoms with Crippen LogP contribution in [0.3, 0.4) is 0 Å². The third kappa shape index (κ3) is 13.6. The SMILES string of the molecule is CCc1cc(CC[Si](C)(Cl)Cl)c(CC[Si](C)(Cl)Cl)c(CC[Si](C)(Cl)Cl)c1CC[Si](C)(Cl)Cl. The maximum absolute atomic E-state index is 6.53. The van der Waals surface area contributed by atoms with Gasteiger partial charge in [-0.3, -0.25) is 0 Å². The van der Waals surface area contributed by atoms with Gasteiger partial charge in [-0.1, -0.05) is 13.0 Å². The summed E-state index contributed by atoms with van der Waals surface area (Å²) in [5.41, 5.74) is 6.65. The lowest BCUT2D eigenvalue weighted by atomic mass is 9.86. The number of benzene rings is 1. The molecule has 12 heteroatoms. The molecular weight excluding hydrogens is 636 g/mol. The molecule has 0 aliphatic carbocycles. The van der Waals surface area contributed by atoms with Gasteiger partial charge in [-0.15, -0.1) is 88.6 Å². The molecule has 0 radical (unpaired) electrons. The van der Waals surface area contributed by atoms with Gasteiger partial charge in [0.05, 0.1) is 0 Å². The first-order valence-electron chi connectivity index (χ1n) is 11.0. The average Bonchev–Trinajstić information content (AvgIpc) is 2.58. The fourth-order valence-electron chi connectivity index (χ4n) is 3.81. The van der Waals surface area contributed by atoms with Crippen molar-refractivity contribution in [2.75, 3.05) is 0 Å². The smallest absolute Gasteiger partial charge is 0.146 e. The zero-order valence-corrected chi connectivity index (χ0v) is 29.5. The number of halogens is 8. The monoisotopic (exact) mass is 666 g/mol. The summed E-state index contributed by atoms with van der Waals surface area (Å²) in [7, 11) is 0. The van der Waals surface area contributed by atoms with Gasteiger partial charge in [0.15, 0.2) is 0 Å². The Bertz CT molecular complexity index is 746. The van der Waals surface area contributed by atoms with Crippen molar-refractivity contribution in [2.45, 2.75) is 89.4 Å². The molecule has 0 saturated carbocycles. The molecule has 0 spiro atoms. The van der Waals surface area contributed by atoms with Gasteiger partial charge in [-0.25, -0.2) is 0 Å². The van der Waals surface area contributed by atoms with Crippen molar-refractivity contribution in [1.82, 2.24) is 0 Å². The van der Waals surface area contributed by atoms with E-state index in [0.29, 0.717) is 0 Å². The molecule has 0 unspecified atom stereocenters. The van der Waals surface area contributed by atoms with Crippen LogP contribution in [0.25, 0.3) is 0 Å². The number of hydrogen-bond acceptors (Lipinski definition) is 0. The Morgan fingerprint density at radius 3 is 1.16 bits per heavy atom. The largest absolute Gasteiger partial charge is 0.248 e.